The largest absolute Gasteiger partial charge is 0.726 e. The average Bonchev–Trinajstić information content (AvgIpc) is 2.99. The zero-order valence-corrected chi connectivity index (χ0v) is 18.7. The van der Waals surface area contributed by atoms with Crippen molar-refractivity contribution < 1.29 is 26.6 Å². The Bertz CT molecular complexity index is 985. The molecule has 1 heterocycles. The minimum atomic E-state index is -4.41. The summed E-state index contributed by atoms with van der Waals surface area (Å²) in [5, 5.41) is 0. The molecular weight excluding hydrogens is 404 g/mol. The van der Waals surface area contributed by atoms with Crippen molar-refractivity contribution in [1.82, 2.24) is 4.68 Å². The highest BCUT2D eigenvalue weighted by Crippen LogP contribution is 2.38. The Labute approximate surface area is 178 Å². The van der Waals surface area contributed by atoms with E-state index in [4.69, 9.17) is 4.74 Å². The topological polar surface area (TPSA) is 84.5 Å². The molecule has 3 aromatic rings. The molecule has 1 atom stereocenters. The fourth-order valence-corrected chi connectivity index (χ4v) is 2.93. The Morgan fingerprint density at radius 1 is 1.03 bits per heavy atom. The van der Waals surface area contributed by atoms with Crippen molar-refractivity contribution in [3.05, 3.63) is 60.7 Å². The van der Waals surface area contributed by atoms with Crippen molar-refractivity contribution in [2.75, 3.05) is 7.11 Å². The summed E-state index contributed by atoms with van der Waals surface area (Å²) in [6, 6.07) is 20.9. The molecule has 0 bridgehead atoms. The quantitative estimate of drug-likeness (QED) is 0.338. The molecule has 0 spiro atoms. The monoisotopic (exact) mass is 432 g/mol. The van der Waals surface area contributed by atoms with Gasteiger partial charge in [-0.05, 0) is 25.5 Å². The number of rotatable bonds is 6. The first-order valence-electron chi connectivity index (χ1n) is 9.57. The van der Waals surface area contributed by atoms with E-state index in [-0.39, 0.29) is 6.10 Å². The van der Waals surface area contributed by atoms with Gasteiger partial charge in [0, 0.05) is 5.56 Å². The molecule has 7 nitrogen and oxygen atoms in total. The van der Waals surface area contributed by atoms with Crippen molar-refractivity contribution in [3.63, 3.8) is 0 Å². The van der Waals surface area contributed by atoms with Gasteiger partial charge in [0.1, 0.15) is 0 Å². The number of aromatic nitrogens is 2. The fraction of sp³-hybridized carbons (Fsp3) is 0.318. The second-order valence-electron chi connectivity index (χ2n) is 6.72. The first-order valence-corrected chi connectivity index (χ1v) is 10.9. The van der Waals surface area contributed by atoms with E-state index in [0.29, 0.717) is 0 Å². The lowest BCUT2D eigenvalue weighted by molar-refractivity contribution is -0.740. The van der Waals surface area contributed by atoms with Crippen molar-refractivity contribution in [2.45, 2.75) is 26.4 Å². The van der Waals surface area contributed by atoms with E-state index in [2.05, 4.69) is 90.0 Å². The zero-order valence-electron chi connectivity index (χ0n) is 17.9. The summed E-state index contributed by atoms with van der Waals surface area (Å²) in [5.41, 5.74) is 4.54. The number of nitrogens with zero attached hydrogens (tertiary/aromatic N) is 2. The Hall–Kier alpha value is -2.68. The molecule has 0 radical (unpaired) electrons. The maximum absolute atomic E-state index is 9.22. The lowest BCUT2D eigenvalue weighted by Crippen LogP contribution is -2.39. The van der Waals surface area contributed by atoms with E-state index in [1.54, 1.807) is 0 Å². The number of ether oxygens (including phenoxy) is 1. The molecule has 0 amide bonds. The van der Waals surface area contributed by atoms with E-state index in [1.165, 1.54) is 0 Å². The Morgan fingerprint density at radius 3 is 1.93 bits per heavy atom. The summed E-state index contributed by atoms with van der Waals surface area (Å²) in [5.74, 6) is 0.951. The van der Waals surface area contributed by atoms with Gasteiger partial charge in [-0.2, -0.15) is 4.68 Å². The highest BCUT2D eigenvalue weighted by atomic mass is 32.3. The summed E-state index contributed by atoms with van der Waals surface area (Å²) in [6.07, 6.45) is 1.14. The van der Waals surface area contributed by atoms with Gasteiger partial charge in [-0.3, -0.25) is 4.18 Å². The predicted molar refractivity (Wildman–Crippen MR) is 115 cm³/mol. The second-order valence-corrected chi connectivity index (χ2v) is 7.87. The zero-order chi connectivity index (χ0) is 22.3. The summed E-state index contributed by atoms with van der Waals surface area (Å²) >= 11 is 0. The van der Waals surface area contributed by atoms with Crippen LogP contribution in [0.4, 0.5) is 0 Å². The van der Waals surface area contributed by atoms with Gasteiger partial charge in [0.15, 0.2) is 12.7 Å². The third-order valence-corrected chi connectivity index (χ3v) is 5.13. The van der Waals surface area contributed by atoms with Crippen LogP contribution in [-0.2, 0) is 28.7 Å². The molecule has 0 aliphatic rings. The van der Waals surface area contributed by atoms with Crippen LogP contribution in [0.1, 0.15) is 20.3 Å². The number of hydrogen-bond acceptors (Lipinski definition) is 5. The first-order chi connectivity index (χ1) is 14.2. The minimum absolute atomic E-state index is 0.164. The van der Waals surface area contributed by atoms with E-state index in [9.17, 15) is 13.0 Å². The van der Waals surface area contributed by atoms with E-state index < -0.39 is 10.4 Å². The van der Waals surface area contributed by atoms with E-state index >= 15 is 0 Å². The van der Waals surface area contributed by atoms with Crippen molar-refractivity contribution in [3.8, 4) is 28.3 Å². The van der Waals surface area contributed by atoms with Gasteiger partial charge < -0.3 is 9.29 Å². The summed E-state index contributed by atoms with van der Waals surface area (Å²) in [7, 11) is 0.559. The number of hydrogen-bond donors (Lipinski definition) is 0. The van der Waals surface area contributed by atoms with Gasteiger partial charge in [-0.15, -0.1) is 4.68 Å². The van der Waals surface area contributed by atoms with Crippen molar-refractivity contribution in [1.29, 1.82) is 0 Å². The molecule has 0 saturated heterocycles. The van der Waals surface area contributed by atoms with Gasteiger partial charge >= 0.3 is 0 Å². The summed E-state index contributed by atoms with van der Waals surface area (Å²) in [6.45, 7) is 4.27. The molecule has 2 aromatic carbocycles. The van der Waals surface area contributed by atoms with Crippen LogP contribution >= 0.6 is 0 Å². The molecule has 0 fully saturated rings. The second kappa shape index (κ2) is 10.4. The van der Waals surface area contributed by atoms with E-state index in [0.717, 1.165) is 41.8 Å². The molecule has 0 aliphatic heterocycles. The SMILES string of the molecule is CCC(C)Oc1c(-c2ccccc2)n(C)[n+](C)c1-c1ccccc1.COS(=O)(=O)[O-]. The molecule has 0 N–H and O–H groups in total. The molecule has 1 unspecified atom stereocenters. The first kappa shape index (κ1) is 23.6. The maximum atomic E-state index is 9.22. The minimum Gasteiger partial charge on any atom is -0.726 e. The van der Waals surface area contributed by atoms with Gasteiger partial charge in [0.2, 0.25) is 16.1 Å². The third-order valence-electron chi connectivity index (χ3n) is 4.72. The normalized spacial score (nSPS) is 12.1. The fourth-order valence-electron chi connectivity index (χ4n) is 2.93. The van der Waals surface area contributed by atoms with Gasteiger partial charge in [0.25, 0.3) is 5.69 Å². The smallest absolute Gasteiger partial charge is 0.280 e. The van der Waals surface area contributed by atoms with Gasteiger partial charge in [-0.25, -0.2) is 8.42 Å². The van der Waals surface area contributed by atoms with Crippen LogP contribution in [0.5, 0.6) is 5.75 Å². The van der Waals surface area contributed by atoms with Gasteiger partial charge in [-0.1, -0.05) is 55.5 Å². The van der Waals surface area contributed by atoms with Crippen LogP contribution in [0.25, 0.3) is 22.5 Å². The maximum Gasteiger partial charge on any atom is 0.280 e. The molecule has 8 heteroatoms. The predicted octanol–water partition coefficient (Wildman–Crippen LogP) is 3.45. The van der Waals surface area contributed by atoms with Crippen LogP contribution in [0.2, 0.25) is 0 Å². The Morgan fingerprint density at radius 2 is 1.50 bits per heavy atom. The summed E-state index contributed by atoms with van der Waals surface area (Å²) < 4.78 is 41.7. The Kier molecular flexibility index (Phi) is 8.16. The molecule has 0 aliphatic carbocycles. The standard InChI is InChI=1S/C21H25N2O.CH4O4S/c1-5-16(2)24-21-19(17-12-8-6-9-13-17)22(3)23(4)20(21)18-14-10-7-11-15-18;1-5-6(2,3)4/h6-16H,5H2,1-4H3;1H3,(H,2,3,4)/q+1;/p-1. The van der Waals surface area contributed by atoms with Crippen LogP contribution < -0.4 is 9.42 Å². The average molecular weight is 433 g/mol. The third kappa shape index (κ3) is 5.91. The molecule has 30 heavy (non-hydrogen) atoms. The van der Waals surface area contributed by atoms with Crippen LogP contribution in [0, 0.1) is 0 Å². The van der Waals surface area contributed by atoms with Crippen LogP contribution in [-0.4, -0.2) is 30.9 Å². The molecule has 162 valence electrons. The van der Waals surface area contributed by atoms with Gasteiger partial charge in [0.05, 0.1) is 25.8 Å². The van der Waals surface area contributed by atoms with E-state index in [1.807, 2.05) is 12.1 Å². The lowest BCUT2D eigenvalue weighted by Gasteiger charge is -2.12. The molecular formula is C22H28N2O5S. The molecule has 0 saturated carbocycles. The van der Waals surface area contributed by atoms with Crippen molar-refractivity contribution >= 4 is 10.4 Å². The number of benzene rings is 2. The van der Waals surface area contributed by atoms with Crippen LogP contribution in [0.15, 0.2) is 60.7 Å². The molecule has 3 rings (SSSR count). The van der Waals surface area contributed by atoms with Crippen LogP contribution in [0.3, 0.4) is 0 Å². The lowest BCUT2D eigenvalue weighted by atomic mass is 10.1. The highest BCUT2D eigenvalue weighted by Gasteiger charge is 2.30. The molecule has 1 aromatic heterocycles. The highest BCUT2D eigenvalue weighted by molar-refractivity contribution is 7.80. The Balaban J connectivity index is 0.000000469. The summed E-state index contributed by atoms with van der Waals surface area (Å²) in [4.78, 5) is 0. The van der Waals surface area contributed by atoms with Crippen molar-refractivity contribution in [2.24, 2.45) is 14.1 Å².